The fraction of sp³-hybridized carbons (Fsp3) is 0.100. The second-order valence-electron chi connectivity index (χ2n) is 16.7. The SMILES string of the molecule is CC(C)c1ccc(N(c2ccc(-c3ccccc3)cc2)c2ccc(-c3ccc(-c4ccc(N(c5ccc(-c6ccccc6)cc5)c5ccc(C(C)C)cc5)cc4)cc3)cc2)cc1. The molecule has 0 atom stereocenters. The normalized spacial score (nSPS) is 11.2. The van der Waals surface area contributed by atoms with Crippen LogP contribution in [0.5, 0.6) is 0 Å². The molecule has 0 saturated heterocycles. The maximum absolute atomic E-state index is 2.34. The van der Waals surface area contributed by atoms with E-state index in [2.05, 4.69) is 268 Å². The van der Waals surface area contributed by atoms with Gasteiger partial charge in [-0.15, -0.1) is 0 Å². The first-order valence-corrected chi connectivity index (χ1v) is 21.8. The number of nitrogens with zero attached hydrogens (tertiary/aromatic N) is 2. The van der Waals surface area contributed by atoms with E-state index in [1.54, 1.807) is 0 Å². The van der Waals surface area contributed by atoms with Crippen LogP contribution in [0.25, 0.3) is 44.5 Å². The van der Waals surface area contributed by atoms with Crippen molar-refractivity contribution in [1.29, 1.82) is 0 Å². The number of anilines is 6. The maximum Gasteiger partial charge on any atom is 0.0462 e. The summed E-state index contributed by atoms with van der Waals surface area (Å²) in [6.45, 7) is 8.97. The molecule has 0 amide bonds. The molecule has 0 fully saturated rings. The lowest BCUT2D eigenvalue weighted by Crippen LogP contribution is -2.10. The molecule has 0 bridgehead atoms. The van der Waals surface area contributed by atoms with Gasteiger partial charge in [0.2, 0.25) is 0 Å². The third kappa shape index (κ3) is 8.73. The van der Waals surface area contributed by atoms with Crippen LogP contribution in [-0.4, -0.2) is 0 Å². The molecule has 302 valence electrons. The Morgan fingerprint density at radius 3 is 0.597 bits per heavy atom. The zero-order valence-electron chi connectivity index (χ0n) is 36.0. The topological polar surface area (TPSA) is 6.48 Å². The Kier molecular flexibility index (Phi) is 11.7. The molecule has 0 aliphatic carbocycles. The monoisotopic (exact) mass is 800 g/mol. The molecule has 0 aliphatic heterocycles. The van der Waals surface area contributed by atoms with Crippen molar-refractivity contribution in [2.75, 3.05) is 9.80 Å². The summed E-state index contributed by atoms with van der Waals surface area (Å²) >= 11 is 0. The molecule has 2 heteroatoms. The van der Waals surface area contributed by atoms with Gasteiger partial charge in [0.1, 0.15) is 0 Å². The molecule has 2 nitrogen and oxygen atoms in total. The van der Waals surface area contributed by atoms with Crippen molar-refractivity contribution >= 4 is 34.1 Å². The fourth-order valence-corrected chi connectivity index (χ4v) is 8.24. The summed E-state index contributed by atoms with van der Waals surface area (Å²) in [5.41, 5.74) is 19.0. The van der Waals surface area contributed by atoms with Gasteiger partial charge >= 0.3 is 0 Å². The number of hydrogen-bond acceptors (Lipinski definition) is 2. The van der Waals surface area contributed by atoms with E-state index >= 15 is 0 Å². The van der Waals surface area contributed by atoms with Crippen LogP contribution >= 0.6 is 0 Å². The van der Waals surface area contributed by atoms with E-state index in [9.17, 15) is 0 Å². The van der Waals surface area contributed by atoms with Crippen molar-refractivity contribution < 1.29 is 0 Å². The molecule has 0 saturated carbocycles. The molecule has 0 spiro atoms. The van der Waals surface area contributed by atoms with Gasteiger partial charge < -0.3 is 9.80 Å². The lowest BCUT2D eigenvalue weighted by Gasteiger charge is -2.26. The standard InChI is InChI=1S/C60H52N2/c1-43(2)45-19-31-55(32-20-45)61(57-35-23-51(24-36-57)47-11-7-5-8-12-47)59-39-27-53(28-40-59)49-15-17-50(18-16-49)54-29-41-60(42-30-54)62(56-33-21-46(22-34-56)44(3)4)58-37-25-52(26-38-58)48-13-9-6-10-14-48/h5-44H,1-4H3. The van der Waals surface area contributed by atoms with Crippen molar-refractivity contribution in [3.05, 3.63) is 242 Å². The third-order valence-corrected chi connectivity index (χ3v) is 11.9. The van der Waals surface area contributed by atoms with Crippen molar-refractivity contribution in [2.45, 2.75) is 39.5 Å². The van der Waals surface area contributed by atoms with Crippen molar-refractivity contribution in [2.24, 2.45) is 0 Å². The van der Waals surface area contributed by atoms with Gasteiger partial charge in [-0.05, 0) is 140 Å². The molecule has 62 heavy (non-hydrogen) atoms. The first kappa shape index (κ1) is 40.0. The lowest BCUT2D eigenvalue weighted by molar-refractivity contribution is 0.866. The quantitative estimate of drug-likeness (QED) is 0.121. The average molecular weight is 801 g/mol. The largest absolute Gasteiger partial charge is 0.311 e. The summed E-state index contributed by atoms with van der Waals surface area (Å²) in [6, 6.07) is 83.7. The predicted octanol–water partition coefficient (Wildman–Crippen LogP) is 17.5. The van der Waals surface area contributed by atoms with E-state index in [0.29, 0.717) is 11.8 Å². The fourth-order valence-electron chi connectivity index (χ4n) is 8.24. The van der Waals surface area contributed by atoms with Gasteiger partial charge in [0.05, 0.1) is 0 Å². The van der Waals surface area contributed by atoms with Gasteiger partial charge in [-0.3, -0.25) is 0 Å². The molecule has 9 aromatic carbocycles. The molecule has 9 rings (SSSR count). The summed E-state index contributed by atoms with van der Waals surface area (Å²) < 4.78 is 0. The van der Waals surface area contributed by atoms with Crippen LogP contribution in [0.3, 0.4) is 0 Å². The third-order valence-electron chi connectivity index (χ3n) is 11.9. The average Bonchev–Trinajstić information content (AvgIpc) is 3.33. The Hall–Kier alpha value is -7.42. The smallest absolute Gasteiger partial charge is 0.0462 e. The van der Waals surface area contributed by atoms with Gasteiger partial charge in [-0.2, -0.15) is 0 Å². The van der Waals surface area contributed by atoms with Gasteiger partial charge in [0.25, 0.3) is 0 Å². The van der Waals surface area contributed by atoms with E-state index < -0.39 is 0 Å². The molecule has 0 N–H and O–H groups in total. The van der Waals surface area contributed by atoms with Crippen LogP contribution in [0, 0.1) is 0 Å². The highest BCUT2D eigenvalue weighted by atomic mass is 15.1. The molecule has 0 radical (unpaired) electrons. The lowest BCUT2D eigenvalue weighted by atomic mass is 9.99. The Balaban J connectivity index is 0.962. The van der Waals surface area contributed by atoms with E-state index in [4.69, 9.17) is 0 Å². The highest BCUT2D eigenvalue weighted by Crippen LogP contribution is 2.40. The van der Waals surface area contributed by atoms with E-state index in [1.165, 1.54) is 55.6 Å². The van der Waals surface area contributed by atoms with Crippen LogP contribution in [0.15, 0.2) is 231 Å². The van der Waals surface area contributed by atoms with E-state index in [0.717, 1.165) is 34.1 Å². The summed E-state index contributed by atoms with van der Waals surface area (Å²) in [6.07, 6.45) is 0. The summed E-state index contributed by atoms with van der Waals surface area (Å²) in [5.74, 6) is 0.954. The van der Waals surface area contributed by atoms with Crippen LogP contribution in [0.2, 0.25) is 0 Å². The second kappa shape index (κ2) is 18.1. The zero-order valence-corrected chi connectivity index (χ0v) is 36.0. The Labute approximate surface area is 368 Å². The van der Waals surface area contributed by atoms with Crippen LogP contribution in [0.4, 0.5) is 34.1 Å². The number of benzene rings is 9. The molecular weight excluding hydrogens is 749 g/mol. The maximum atomic E-state index is 2.34. The molecule has 0 unspecified atom stereocenters. The van der Waals surface area contributed by atoms with Gasteiger partial charge in [0, 0.05) is 34.1 Å². The zero-order chi connectivity index (χ0) is 42.4. The highest BCUT2D eigenvalue weighted by Gasteiger charge is 2.16. The highest BCUT2D eigenvalue weighted by molar-refractivity contribution is 5.82. The minimum Gasteiger partial charge on any atom is -0.311 e. The van der Waals surface area contributed by atoms with Gasteiger partial charge in [-0.1, -0.05) is 185 Å². The van der Waals surface area contributed by atoms with Gasteiger partial charge in [-0.25, -0.2) is 0 Å². The van der Waals surface area contributed by atoms with E-state index in [1.807, 2.05) is 0 Å². The van der Waals surface area contributed by atoms with Crippen molar-refractivity contribution in [3.8, 4) is 44.5 Å². The summed E-state index contributed by atoms with van der Waals surface area (Å²) in [5, 5.41) is 0. The molecule has 0 aromatic heterocycles. The van der Waals surface area contributed by atoms with Gasteiger partial charge in [0.15, 0.2) is 0 Å². The summed E-state index contributed by atoms with van der Waals surface area (Å²) in [7, 11) is 0. The van der Waals surface area contributed by atoms with Crippen molar-refractivity contribution in [3.63, 3.8) is 0 Å². The number of hydrogen-bond donors (Lipinski definition) is 0. The first-order valence-electron chi connectivity index (χ1n) is 21.8. The van der Waals surface area contributed by atoms with Crippen LogP contribution in [0.1, 0.15) is 50.7 Å². The van der Waals surface area contributed by atoms with Crippen molar-refractivity contribution in [1.82, 2.24) is 0 Å². The Morgan fingerprint density at radius 2 is 0.387 bits per heavy atom. The molecule has 9 aromatic rings. The minimum absolute atomic E-state index is 0.477. The summed E-state index contributed by atoms with van der Waals surface area (Å²) in [4.78, 5) is 4.69. The Bertz CT molecular complexity index is 2610. The Morgan fingerprint density at radius 1 is 0.210 bits per heavy atom. The second-order valence-corrected chi connectivity index (χ2v) is 16.7. The van der Waals surface area contributed by atoms with E-state index in [-0.39, 0.29) is 0 Å². The molecule has 0 heterocycles. The van der Waals surface area contributed by atoms with Crippen LogP contribution in [-0.2, 0) is 0 Å². The van der Waals surface area contributed by atoms with Crippen LogP contribution < -0.4 is 9.80 Å². The number of rotatable bonds is 12. The minimum atomic E-state index is 0.477. The molecular formula is C60H52N2. The first-order chi connectivity index (χ1) is 30.4. The predicted molar refractivity (Wildman–Crippen MR) is 266 cm³/mol. The molecule has 0 aliphatic rings.